The summed E-state index contributed by atoms with van der Waals surface area (Å²) in [4.78, 5) is 10.6. The first-order valence-electron chi connectivity index (χ1n) is 5.53. The zero-order valence-electron chi connectivity index (χ0n) is 9.87. The van der Waals surface area contributed by atoms with E-state index in [1.165, 1.54) is 13.0 Å². The summed E-state index contributed by atoms with van der Waals surface area (Å²) in [5.41, 5.74) is 6.68. The van der Waals surface area contributed by atoms with Crippen LogP contribution < -0.4 is 11.1 Å². The van der Waals surface area contributed by atoms with Crippen LogP contribution in [0.1, 0.15) is 24.5 Å². The molecule has 3 nitrogen and oxygen atoms in total. The molecule has 0 unspecified atom stereocenters. The lowest BCUT2D eigenvalue weighted by Crippen LogP contribution is -2.20. The predicted octanol–water partition coefficient (Wildman–Crippen LogP) is 1.82. The number of carbonyl (C=O) groups excluding carboxylic acids is 1. The number of benzene rings is 1. The summed E-state index contributed by atoms with van der Waals surface area (Å²) in [7, 11) is 0. The van der Waals surface area contributed by atoms with Gasteiger partial charge in [-0.1, -0.05) is 24.3 Å². The van der Waals surface area contributed by atoms with Crippen molar-refractivity contribution < 1.29 is 9.18 Å². The number of amides is 1. The van der Waals surface area contributed by atoms with E-state index in [1.54, 1.807) is 6.07 Å². The van der Waals surface area contributed by atoms with E-state index in [9.17, 15) is 9.18 Å². The van der Waals surface area contributed by atoms with Crippen LogP contribution in [0, 0.1) is 5.82 Å². The van der Waals surface area contributed by atoms with Gasteiger partial charge in [-0.25, -0.2) is 4.39 Å². The largest absolute Gasteiger partial charge is 0.356 e. The lowest BCUT2D eigenvalue weighted by Gasteiger charge is -2.01. The third kappa shape index (κ3) is 4.78. The summed E-state index contributed by atoms with van der Waals surface area (Å²) in [6, 6.07) is 4.96. The first-order valence-corrected chi connectivity index (χ1v) is 5.53. The van der Waals surface area contributed by atoms with Crippen molar-refractivity contribution in [1.29, 1.82) is 0 Å². The molecule has 0 bridgehead atoms. The van der Waals surface area contributed by atoms with E-state index in [-0.39, 0.29) is 18.3 Å². The molecule has 0 radical (unpaired) electrons. The Morgan fingerprint density at radius 1 is 1.53 bits per heavy atom. The van der Waals surface area contributed by atoms with Gasteiger partial charge in [0.2, 0.25) is 5.91 Å². The maximum atomic E-state index is 13.4. The lowest BCUT2D eigenvalue weighted by atomic mass is 10.1. The number of carbonyl (C=O) groups is 1. The van der Waals surface area contributed by atoms with Gasteiger partial charge in [-0.3, -0.25) is 4.79 Å². The van der Waals surface area contributed by atoms with Crippen LogP contribution in [0.15, 0.2) is 24.3 Å². The predicted molar refractivity (Wildman–Crippen MR) is 66.6 cm³/mol. The zero-order chi connectivity index (χ0) is 12.7. The lowest BCUT2D eigenvalue weighted by molar-refractivity contribution is -0.118. The van der Waals surface area contributed by atoms with Crippen molar-refractivity contribution in [3.05, 3.63) is 41.2 Å². The van der Waals surface area contributed by atoms with Crippen molar-refractivity contribution in [2.75, 3.05) is 6.54 Å². The fourth-order valence-electron chi connectivity index (χ4n) is 1.38. The number of halogens is 1. The van der Waals surface area contributed by atoms with Crippen molar-refractivity contribution in [2.45, 2.75) is 19.9 Å². The van der Waals surface area contributed by atoms with Crippen LogP contribution in [-0.4, -0.2) is 12.5 Å². The molecular weight excluding hydrogens is 219 g/mol. The molecule has 0 aliphatic carbocycles. The SMILES string of the molecule is CC(=O)NCCC=Cc1ccc(CN)c(F)c1. The van der Waals surface area contributed by atoms with Crippen LogP contribution in [0.3, 0.4) is 0 Å². The number of rotatable bonds is 5. The summed E-state index contributed by atoms with van der Waals surface area (Å²) in [5, 5.41) is 2.68. The molecule has 0 saturated heterocycles. The van der Waals surface area contributed by atoms with Gasteiger partial charge >= 0.3 is 0 Å². The minimum Gasteiger partial charge on any atom is -0.356 e. The highest BCUT2D eigenvalue weighted by molar-refractivity contribution is 5.72. The maximum absolute atomic E-state index is 13.4. The summed E-state index contributed by atoms with van der Waals surface area (Å²) in [5.74, 6) is -0.326. The van der Waals surface area contributed by atoms with Crippen molar-refractivity contribution in [3.63, 3.8) is 0 Å². The number of hydrogen-bond donors (Lipinski definition) is 2. The topological polar surface area (TPSA) is 55.1 Å². The summed E-state index contributed by atoms with van der Waals surface area (Å²) in [6.45, 7) is 2.28. The van der Waals surface area contributed by atoms with E-state index in [1.807, 2.05) is 18.2 Å². The van der Waals surface area contributed by atoms with Crippen molar-refractivity contribution >= 4 is 12.0 Å². The molecule has 0 spiro atoms. The second-order valence-electron chi connectivity index (χ2n) is 3.73. The van der Waals surface area contributed by atoms with Gasteiger partial charge in [-0.05, 0) is 18.1 Å². The van der Waals surface area contributed by atoms with Crippen LogP contribution in [-0.2, 0) is 11.3 Å². The van der Waals surface area contributed by atoms with Crippen LogP contribution in [0.25, 0.3) is 6.08 Å². The average Bonchev–Trinajstić information content (AvgIpc) is 2.28. The second-order valence-corrected chi connectivity index (χ2v) is 3.73. The Labute approximate surface area is 101 Å². The molecule has 1 aromatic rings. The standard InChI is InChI=1S/C13H17FN2O/c1-10(17)16-7-3-2-4-11-5-6-12(9-15)13(14)8-11/h2,4-6,8H,3,7,9,15H2,1H3,(H,16,17). The van der Waals surface area contributed by atoms with E-state index in [4.69, 9.17) is 5.73 Å². The molecule has 1 aromatic carbocycles. The molecule has 0 aliphatic heterocycles. The van der Waals surface area contributed by atoms with Gasteiger partial charge in [0.05, 0.1) is 0 Å². The Hall–Kier alpha value is -1.68. The highest BCUT2D eigenvalue weighted by Crippen LogP contribution is 2.11. The molecule has 1 rings (SSSR count). The fraction of sp³-hybridized carbons (Fsp3) is 0.308. The van der Waals surface area contributed by atoms with Gasteiger partial charge in [0.1, 0.15) is 5.82 Å². The Bertz CT molecular complexity index is 416. The monoisotopic (exact) mass is 236 g/mol. The molecule has 0 saturated carbocycles. The van der Waals surface area contributed by atoms with E-state index >= 15 is 0 Å². The van der Waals surface area contributed by atoms with Crippen LogP contribution in [0.4, 0.5) is 4.39 Å². The molecular formula is C13H17FN2O. The van der Waals surface area contributed by atoms with Gasteiger partial charge in [0.25, 0.3) is 0 Å². The molecule has 3 N–H and O–H groups in total. The third-order valence-corrected chi connectivity index (χ3v) is 2.29. The smallest absolute Gasteiger partial charge is 0.216 e. The Morgan fingerprint density at radius 2 is 2.29 bits per heavy atom. The van der Waals surface area contributed by atoms with Crippen LogP contribution >= 0.6 is 0 Å². The second kappa shape index (κ2) is 6.81. The minimum absolute atomic E-state index is 0.0447. The average molecular weight is 236 g/mol. The van der Waals surface area contributed by atoms with Gasteiger partial charge in [0.15, 0.2) is 0 Å². The van der Waals surface area contributed by atoms with Crippen molar-refractivity contribution in [1.82, 2.24) is 5.32 Å². The molecule has 0 aromatic heterocycles. The van der Waals surface area contributed by atoms with E-state index in [0.717, 1.165) is 12.0 Å². The summed E-state index contributed by atoms with van der Waals surface area (Å²) in [6.07, 6.45) is 4.44. The molecule has 0 atom stereocenters. The van der Waals surface area contributed by atoms with Crippen LogP contribution in [0.5, 0.6) is 0 Å². The van der Waals surface area contributed by atoms with Gasteiger partial charge in [0, 0.05) is 25.6 Å². The van der Waals surface area contributed by atoms with Gasteiger partial charge in [-0.2, -0.15) is 0 Å². The Morgan fingerprint density at radius 3 is 2.88 bits per heavy atom. The highest BCUT2D eigenvalue weighted by atomic mass is 19.1. The maximum Gasteiger partial charge on any atom is 0.216 e. The minimum atomic E-state index is -0.281. The number of nitrogens with two attached hydrogens (primary N) is 1. The van der Waals surface area contributed by atoms with E-state index < -0.39 is 0 Å². The Kier molecular flexibility index (Phi) is 5.36. The molecule has 17 heavy (non-hydrogen) atoms. The molecule has 92 valence electrons. The molecule has 4 heteroatoms. The molecule has 0 heterocycles. The molecule has 1 amide bonds. The van der Waals surface area contributed by atoms with Crippen LogP contribution in [0.2, 0.25) is 0 Å². The van der Waals surface area contributed by atoms with Gasteiger partial charge in [-0.15, -0.1) is 0 Å². The number of hydrogen-bond acceptors (Lipinski definition) is 2. The summed E-state index contributed by atoms with van der Waals surface area (Å²) < 4.78 is 13.4. The van der Waals surface area contributed by atoms with Crippen molar-refractivity contribution in [3.8, 4) is 0 Å². The normalized spacial score (nSPS) is 10.8. The first-order chi connectivity index (χ1) is 8.13. The third-order valence-electron chi connectivity index (χ3n) is 2.29. The number of nitrogens with one attached hydrogen (secondary N) is 1. The highest BCUT2D eigenvalue weighted by Gasteiger charge is 1.99. The van der Waals surface area contributed by atoms with E-state index in [0.29, 0.717) is 12.1 Å². The fourth-order valence-corrected chi connectivity index (χ4v) is 1.38. The first kappa shape index (κ1) is 13.4. The Balaban J connectivity index is 2.48. The zero-order valence-corrected chi connectivity index (χ0v) is 9.87. The summed E-state index contributed by atoms with van der Waals surface area (Å²) >= 11 is 0. The van der Waals surface area contributed by atoms with Gasteiger partial charge < -0.3 is 11.1 Å². The molecule has 0 fully saturated rings. The van der Waals surface area contributed by atoms with E-state index in [2.05, 4.69) is 5.32 Å². The quantitative estimate of drug-likeness (QED) is 0.766. The van der Waals surface area contributed by atoms with Crippen molar-refractivity contribution in [2.24, 2.45) is 5.73 Å². The molecule has 0 aliphatic rings.